The summed E-state index contributed by atoms with van der Waals surface area (Å²) in [5.41, 5.74) is 0. The van der Waals surface area contributed by atoms with Crippen LogP contribution >= 0.6 is 0 Å². The van der Waals surface area contributed by atoms with Gasteiger partial charge in [-0.15, -0.1) is 0 Å². The van der Waals surface area contributed by atoms with Crippen LogP contribution in [-0.2, 0) is 19.6 Å². The van der Waals surface area contributed by atoms with Crippen molar-refractivity contribution in [2.45, 2.75) is 39.2 Å². The van der Waals surface area contributed by atoms with Crippen molar-refractivity contribution >= 4 is 21.8 Å². The number of carbonyl (C=O) groups is 2. The lowest BCUT2D eigenvalue weighted by atomic mass is 9.96. The molecule has 7 nitrogen and oxygen atoms in total. The Hall–Kier alpha value is -1.15. The minimum atomic E-state index is -3.27. The molecule has 23 heavy (non-hydrogen) atoms. The SMILES string of the molecule is CCC1C(=O)N(C)CCN1C(=O)C1CCCN(S(=O)(=O)CC)C1. The molecule has 2 rings (SSSR count). The van der Waals surface area contributed by atoms with Crippen molar-refractivity contribution in [2.75, 3.05) is 39.0 Å². The molecule has 0 spiro atoms. The fourth-order valence-electron chi connectivity index (χ4n) is 3.38. The monoisotopic (exact) mass is 345 g/mol. The van der Waals surface area contributed by atoms with Crippen LogP contribution in [0, 0.1) is 5.92 Å². The van der Waals surface area contributed by atoms with E-state index < -0.39 is 16.1 Å². The quantitative estimate of drug-likeness (QED) is 0.725. The standard InChI is InChI=1S/C15H27N3O4S/c1-4-13-15(20)16(3)9-10-18(13)14(19)12-7-6-8-17(11-12)23(21,22)5-2/h12-13H,4-11H2,1-3H3. The number of hydrogen-bond acceptors (Lipinski definition) is 4. The third-order valence-corrected chi connectivity index (χ3v) is 6.72. The minimum Gasteiger partial charge on any atom is -0.342 e. The molecule has 2 saturated heterocycles. The molecule has 2 unspecified atom stereocenters. The fourth-order valence-corrected chi connectivity index (χ4v) is 4.56. The molecular weight excluding hydrogens is 318 g/mol. The number of rotatable bonds is 4. The molecule has 2 amide bonds. The van der Waals surface area contributed by atoms with Crippen molar-refractivity contribution in [1.82, 2.24) is 14.1 Å². The van der Waals surface area contributed by atoms with E-state index in [0.717, 1.165) is 0 Å². The number of likely N-dealkylation sites (N-methyl/N-ethyl adjacent to an activating group) is 1. The Bertz CT molecular complexity index is 563. The van der Waals surface area contributed by atoms with E-state index >= 15 is 0 Å². The number of carbonyl (C=O) groups excluding carboxylic acids is 2. The van der Waals surface area contributed by atoms with Gasteiger partial charge in [0, 0.05) is 33.2 Å². The molecule has 0 aliphatic carbocycles. The fraction of sp³-hybridized carbons (Fsp3) is 0.867. The van der Waals surface area contributed by atoms with E-state index in [1.807, 2.05) is 6.92 Å². The number of amides is 2. The number of hydrogen-bond donors (Lipinski definition) is 0. The highest BCUT2D eigenvalue weighted by molar-refractivity contribution is 7.89. The predicted octanol–water partition coefficient (Wildman–Crippen LogP) is 0.127. The van der Waals surface area contributed by atoms with E-state index in [1.54, 1.807) is 23.8 Å². The highest BCUT2D eigenvalue weighted by Gasteiger charge is 2.39. The summed E-state index contributed by atoms with van der Waals surface area (Å²) in [7, 11) is -1.52. The average molecular weight is 345 g/mol. The van der Waals surface area contributed by atoms with Gasteiger partial charge in [-0.25, -0.2) is 12.7 Å². The summed E-state index contributed by atoms with van der Waals surface area (Å²) in [4.78, 5) is 28.4. The molecule has 2 fully saturated rings. The third kappa shape index (κ3) is 3.68. The van der Waals surface area contributed by atoms with E-state index in [1.165, 1.54) is 4.31 Å². The second-order valence-electron chi connectivity index (χ2n) is 6.31. The first-order valence-corrected chi connectivity index (χ1v) is 9.96. The molecule has 0 radical (unpaired) electrons. The van der Waals surface area contributed by atoms with Gasteiger partial charge < -0.3 is 9.80 Å². The molecule has 0 aromatic rings. The summed E-state index contributed by atoms with van der Waals surface area (Å²) in [5.74, 6) is -0.385. The highest BCUT2D eigenvalue weighted by atomic mass is 32.2. The zero-order valence-electron chi connectivity index (χ0n) is 14.2. The lowest BCUT2D eigenvalue weighted by Crippen LogP contribution is -2.59. The Morgan fingerprint density at radius 2 is 1.91 bits per heavy atom. The normalized spacial score (nSPS) is 27.3. The summed E-state index contributed by atoms with van der Waals surface area (Å²) in [6.45, 7) is 5.30. The first-order valence-electron chi connectivity index (χ1n) is 8.35. The maximum Gasteiger partial charge on any atom is 0.245 e. The van der Waals surface area contributed by atoms with E-state index in [0.29, 0.717) is 38.9 Å². The molecule has 2 atom stereocenters. The van der Waals surface area contributed by atoms with Crippen LogP contribution in [-0.4, -0.2) is 79.4 Å². The molecule has 2 aliphatic rings. The van der Waals surface area contributed by atoms with Crippen molar-refractivity contribution in [3.63, 3.8) is 0 Å². The van der Waals surface area contributed by atoms with Gasteiger partial charge in [0.15, 0.2) is 0 Å². The number of piperazine rings is 1. The van der Waals surface area contributed by atoms with Crippen molar-refractivity contribution in [1.29, 1.82) is 0 Å². The summed E-state index contributed by atoms with van der Waals surface area (Å²) < 4.78 is 25.5. The highest BCUT2D eigenvalue weighted by Crippen LogP contribution is 2.24. The molecule has 0 bridgehead atoms. The van der Waals surface area contributed by atoms with Crippen molar-refractivity contribution in [3.05, 3.63) is 0 Å². The maximum atomic E-state index is 12.9. The minimum absolute atomic E-state index is 0.0269. The van der Waals surface area contributed by atoms with Crippen LogP contribution in [0.15, 0.2) is 0 Å². The Morgan fingerprint density at radius 3 is 2.52 bits per heavy atom. The van der Waals surface area contributed by atoms with Crippen molar-refractivity contribution in [3.8, 4) is 0 Å². The van der Waals surface area contributed by atoms with E-state index in [4.69, 9.17) is 0 Å². The molecule has 8 heteroatoms. The number of sulfonamides is 1. The van der Waals surface area contributed by atoms with Gasteiger partial charge in [-0.2, -0.15) is 0 Å². The van der Waals surface area contributed by atoms with Gasteiger partial charge >= 0.3 is 0 Å². The number of nitrogens with zero attached hydrogens (tertiary/aromatic N) is 3. The van der Waals surface area contributed by atoms with E-state index in [-0.39, 0.29) is 30.0 Å². The molecule has 0 N–H and O–H groups in total. The Kier molecular flexibility index (Phi) is 5.67. The smallest absolute Gasteiger partial charge is 0.245 e. The first kappa shape index (κ1) is 18.2. The molecule has 2 heterocycles. The van der Waals surface area contributed by atoms with Gasteiger partial charge in [0.1, 0.15) is 6.04 Å². The molecule has 0 aromatic heterocycles. The molecular formula is C15H27N3O4S. The summed E-state index contributed by atoms with van der Waals surface area (Å²) in [5, 5.41) is 0. The number of piperidine rings is 1. The van der Waals surface area contributed by atoms with Gasteiger partial charge in [0.05, 0.1) is 11.7 Å². The predicted molar refractivity (Wildman–Crippen MR) is 87.2 cm³/mol. The molecule has 132 valence electrons. The second-order valence-corrected chi connectivity index (χ2v) is 8.57. The Morgan fingerprint density at radius 1 is 1.22 bits per heavy atom. The summed E-state index contributed by atoms with van der Waals surface area (Å²) >= 11 is 0. The van der Waals surface area contributed by atoms with Gasteiger partial charge in [0.25, 0.3) is 0 Å². The summed E-state index contributed by atoms with van der Waals surface area (Å²) in [6, 6.07) is -0.417. The average Bonchev–Trinajstić information content (AvgIpc) is 2.56. The van der Waals surface area contributed by atoms with Crippen LogP contribution in [0.3, 0.4) is 0 Å². The Labute approximate surface area is 138 Å². The topological polar surface area (TPSA) is 78.0 Å². The van der Waals surface area contributed by atoms with Gasteiger partial charge in [-0.3, -0.25) is 9.59 Å². The zero-order chi connectivity index (χ0) is 17.2. The zero-order valence-corrected chi connectivity index (χ0v) is 15.0. The first-order chi connectivity index (χ1) is 10.8. The van der Waals surface area contributed by atoms with E-state index in [2.05, 4.69) is 0 Å². The van der Waals surface area contributed by atoms with Crippen LogP contribution in [0.1, 0.15) is 33.1 Å². The summed E-state index contributed by atoms with van der Waals surface area (Å²) in [6.07, 6.45) is 1.96. The Balaban J connectivity index is 2.11. The third-order valence-electron chi connectivity index (χ3n) is 4.88. The lowest BCUT2D eigenvalue weighted by Gasteiger charge is -2.41. The van der Waals surface area contributed by atoms with Crippen LogP contribution in [0.2, 0.25) is 0 Å². The van der Waals surface area contributed by atoms with Gasteiger partial charge in [0.2, 0.25) is 21.8 Å². The molecule has 0 aromatic carbocycles. The van der Waals surface area contributed by atoms with Crippen LogP contribution in [0.4, 0.5) is 0 Å². The van der Waals surface area contributed by atoms with Crippen LogP contribution < -0.4 is 0 Å². The maximum absolute atomic E-state index is 12.9. The largest absolute Gasteiger partial charge is 0.342 e. The van der Waals surface area contributed by atoms with Gasteiger partial charge in [-0.1, -0.05) is 6.92 Å². The van der Waals surface area contributed by atoms with Gasteiger partial charge in [-0.05, 0) is 26.2 Å². The molecule has 2 aliphatic heterocycles. The van der Waals surface area contributed by atoms with Crippen LogP contribution in [0.5, 0.6) is 0 Å². The lowest BCUT2D eigenvalue weighted by molar-refractivity contribution is -0.153. The van der Waals surface area contributed by atoms with Crippen molar-refractivity contribution < 1.29 is 18.0 Å². The second kappa shape index (κ2) is 7.17. The molecule has 0 saturated carbocycles. The van der Waals surface area contributed by atoms with E-state index in [9.17, 15) is 18.0 Å². The van der Waals surface area contributed by atoms with Crippen LogP contribution in [0.25, 0.3) is 0 Å². The van der Waals surface area contributed by atoms with Crippen molar-refractivity contribution in [2.24, 2.45) is 5.92 Å².